The Morgan fingerprint density at radius 2 is 1.82 bits per heavy atom. The molecule has 5 heteroatoms. The molecule has 0 spiro atoms. The molecule has 1 heterocycles. The highest BCUT2D eigenvalue weighted by Crippen LogP contribution is 2.10. The quantitative estimate of drug-likeness (QED) is 0.596. The van der Waals surface area contributed by atoms with Gasteiger partial charge in [0.05, 0.1) is 17.4 Å². The highest BCUT2D eigenvalue weighted by molar-refractivity contribution is 5.94. The smallest absolute Gasteiger partial charge is 0.267 e. The molecule has 2 aromatic carbocycles. The fourth-order valence-electron chi connectivity index (χ4n) is 1.98. The minimum atomic E-state index is -0.406. The molecule has 0 fully saturated rings. The maximum atomic E-state index is 12.8. The third kappa shape index (κ3) is 3.15. The molecule has 0 saturated heterocycles. The first-order valence-corrected chi connectivity index (χ1v) is 6.67. The predicted octanol–water partition coefficient (Wildman–Crippen LogP) is 3.14. The van der Waals surface area contributed by atoms with Gasteiger partial charge < -0.3 is 0 Å². The number of hydrogen-bond acceptors (Lipinski definition) is 3. The van der Waals surface area contributed by atoms with Crippen molar-refractivity contribution < 1.29 is 9.18 Å². The van der Waals surface area contributed by atoms with E-state index in [0.29, 0.717) is 11.3 Å². The minimum absolute atomic E-state index is 0.338. The summed E-state index contributed by atoms with van der Waals surface area (Å²) in [5.74, 6) is -0.794. The maximum Gasteiger partial charge on any atom is 0.271 e. The molecule has 108 valence electrons. The summed E-state index contributed by atoms with van der Waals surface area (Å²) in [4.78, 5) is 16.2. The standard InChI is InChI=1S/C17H12FN3O/c18-14-8-5-13(6-9-14)17(22)21-19-11-15-10-7-12-3-1-2-4-16(12)20-15/h1-11H,(H,21,22)/b19-11+. The third-order valence-electron chi connectivity index (χ3n) is 3.09. The second-order valence-electron chi connectivity index (χ2n) is 4.63. The predicted molar refractivity (Wildman–Crippen MR) is 83.2 cm³/mol. The SMILES string of the molecule is O=C(N/N=C/c1ccc2ccccc2n1)c1ccc(F)cc1. The van der Waals surface area contributed by atoms with Gasteiger partial charge in [0.1, 0.15) is 5.82 Å². The molecular weight excluding hydrogens is 281 g/mol. The Hall–Kier alpha value is -3.08. The monoisotopic (exact) mass is 293 g/mol. The van der Waals surface area contributed by atoms with E-state index >= 15 is 0 Å². The largest absolute Gasteiger partial charge is 0.271 e. The van der Waals surface area contributed by atoms with Crippen LogP contribution in [-0.2, 0) is 0 Å². The average molecular weight is 293 g/mol. The fourth-order valence-corrected chi connectivity index (χ4v) is 1.98. The molecular formula is C17H12FN3O. The molecule has 1 amide bonds. The molecule has 0 radical (unpaired) electrons. The lowest BCUT2D eigenvalue weighted by Crippen LogP contribution is -2.17. The van der Waals surface area contributed by atoms with Crippen LogP contribution in [0, 0.1) is 5.82 Å². The van der Waals surface area contributed by atoms with E-state index in [-0.39, 0.29) is 5.82 Å². The number of fused-ring (bicyclic) bond motifs is 1. The molecule has 1 N–H and O–H groups in total. The Balaban J connectivity index is 1.70. The number of carbonyl (C=O) groups excluding carboxylic acids is 1. The first-order chi connectivity index (χ1) is 10.7. The number of para-hydroxylation sites is 1. The molecule has 0 saturated carbocycles. The highest BCUT2D eigenvalue weighted by Gasteiger charge is 2.03. The number of nitrogens with zero attached hydrogens (tertiary/aromatic N) is 2. The van der Waals surface area contributed by atoms with Crippen LogP contribution in [0.5, 0.6) is 0 Å². The topological polar surface area (TPSA) is 54.4 Å². The molecule has 3 aromatic rings. The molecule has 0 aliphatic heterocycles. The van der Waals surface area contributed by atoms with Crippen molar-refractivity contribution in [1.82, 2.24) is 10.4 Å². The summed E-state index contributed by atoms with van der Waals surface area (Å²) >= 11 is 0. The van der Waals surface area contributed by atoms with Crippen LogP contribution in [-0.4, -0.2) is 17.1 Å². The fraction of sp³-hybridized carbons (Fsp3) is 0. The molecule has 0 atom stereocenters. The van der Waals surface area contributed by atoms with Crippen molar-refractivity contribution in [3.63, 3.8) is 0 Å². The molecule has 22 heavy (non-hydrogen) atoms. The van der Waals surface area contributed by atoms with Crippen molar-refractivity contribution in [2.24, 2.45) is 5.10 Å². The first-order valence-electron chi connectivity index (χ1n) is 6.67. The molecule has 1 aromatic heterocycles. The normalized spacial score (nSPS) is 11.0. The summed E-state index contributed by atoms with van der Waals surface area (Å²) < 4.78 is 12.8. The van der Waals surface area contributed by atoms with Crippen molar-refractivity contribution in [2.45, 2.75) is 0 Å². The van der Waals surface area contributed by atoms with Crippen molar-refractivity contribution in [1.29, 1.82) is 0 Å². The van der Waals surface area contributed by atoms with E-state index in [9.17, 15) is 9.18 Å². The zero-order chi connectivity index (χ0) is 15.4. The number of aromatic nitrogens is 1. The Kier molecular flexibility index (Phi) is 3.87. The summed E-state index contributed by atoms with van der Waals surface area (Å²) in [6.45, 7) is 0. The van der Waals surface area contributed by atoms with Crippen molar-refractivity contribution >= 4 is 23.0 Å². The van der Waals surface area contributed by atoms with Gasteiger partial charge >= 0.3 is 0 Å². The van der Waals surface area contributed by atoms with Crippen molar-refractivity contribution in [3.05, 3.63) is 77.7 Å². The molecule has 0 aliphatic carbocycles. The Bertz CT molecular complexity index is 844. The molecule has 0 aliphatic rings. The average Bonchev–Trinajstić information content (AvgIpc) is 2.55. The molecule has 4 nitrogen and oxygen atoms in total. The highest BCUT2D eigenvalue weighted by atomic mass is 19.1. The zero-order valence-electron chi connectivity index (χ0n) is 11.5. The van der Waals surface area contributed by atoms with Gasteiger partial charge in [-0.25, -0.2) is 14.8 Å². The van der Waals surface area contributed by atoms with E-state index in [4.69, 9.17) is 0 Å². The van der Waals surface area contributed by atoms with Crippen molar-refractivity contribution in [3.8, 4) is 0 Å². The minimum Gasteiger partial charge on any atom is -0.267 e. The number of nitrogens with one attached hydrogen (secondary N) is 1. The van der Waals surface area contributed by atoms with E-state index in [0.717, 1.165) is 10.9 Å². The summed E-state index contributed by atoms with van der Waals surface area (Å²) in [5.41, 5.74) is 4.22. The summed E-state index contributed by atoms with van der Waals surface area (Å²) in [5, 5.41) is 4.90. The third-order valence-corrected chi connectivity index (χ3v) is 3.09. The van der Waals surface area contributed by atoms with E-state index in [1.54, 1.807) is 0 Å². The molecule has 0 unspecified atom stereocenters. The van der Waals surface area contributed by atoms with E-state index < -0.39 is 5.91 Å². The van der Waals surface area contributed by atoms with Gasteiger partial charge in [0, 0.05) is 10.9 Å². The van der Waals surface area contributed by atoms with E-state index in [1.165, 1.54) is 30.5 Å². The lowest BCUT2D eigenvalue weighted by atomic mass is 10.2. The van der Waals surface area contributed by atoms with Gasteiger partial charge in [-0.3, -0.25) is 4.79 Å². The van der Waals surface area contributed by atoms with E-state index in [1.807, 2.05) is 36.4 Å². The number of hydrazone groups is 1. The van der Waals surface area contributed by atoms with Crippen LogP contribution in [0.25, 0.3) is 10.9 Å². The van der Waals surface area contributed by atoms with Gasteiger partial charge in [0.2, 0.25) is 0 Å². The number of rotatable bonds is 3. The number of amides is 1. The van der Waals surface area contributed by atoms with Crippen LogP contribution in [0.2, 0.25) is 0 Å². The number of hydrogen-bond donors (Lipinski definition) is 1. The van der Waals surface area contributed by atoms with Crippen LogP contribution in [0.1, 0.15) is 16.1 Å². The van der Waals surface area contributed by atoms with Gasteiger partial charge in [-0.05, 0) is 36.4 Å². The lowest BCUT2D eigenvalue weighted by molar-refractivity contribution is 0.0955. The van der Waals surface area contributed by atoms with Crippen LogP contribution in [0.15, 0.2) is 65.8 Å². The summed E-state index contributed by atoms with van der Waals surface area (Å²) in [6.07, 6.45) is 1.47. The molecule has 3 rings (SSSR count). The first kappa shape index (κ1) is 13.9. The van der Waals surface area contributed by atoms with Gasteiger partial charge in [-0.1, -0.05) is 24.3 Å². The second kappa shape index (κ2) is 6.13. The van der Waals surface area contributed by atoms with Gasteiger partial charge in [0.15, 0.2) is 0 Å². The second-order valence-corrected chi connectivity index (χ2v) is 4.63. The Labute approximate surface area is 126 Å². The van der Waals surface area contributed by atoms with Gasteiger partial charge in [-0.2, -0.15) is 5.10 Å². The number of halogens is 1. The van der Waals surface area contributed by atoms with Crippen LogP contribution >= 0.6 is 0 Å². The zero-order valence-corrected chi connectivity index (χ0v) is 11.5. The lowest BCUT2D eigenvalue weighted by Gasteiger charge is -2.00. The Morgan fingerprint density at radius 1 is 1.05 bits per heavy atom. The number of benzene rings is 2. The van der Waals surface area contributed by atoms with Crippen LogP contribution in [0.4, 0.5) is 4.39 Å². The van der Waals surface area contributed by atoms with Gasteiger partial charge in [0.25, 0.3) is 5.91 Å². The summed E-state index contributed by atoms with van der Waals surface area (Å²) in [7, 11) is 0. The van der Waals surface area contributed by atoms with Crippen LogP contribution < -0.4 is 5.43 Å². The number of carbonyl (C=O) groups is 1. The van der Waals surface area contributed by atoms with Crippen molar-refractivity contribution in [2.75, 3.05) is 0 Å². The summed E-state index contributed by atoms with van der Waals surface area (Å²) in [6, 6.07) is 16.7. The van der Waals surface area contributed by atoms with E-state index in [2.05, 4.69) is 15.5 Å². The van der Waals surface area contributed by atoms with Gasteiger partial charge in [-0.15, -0.1) is 0 Å². The maximum absolute atomic E-state index is 12.8. The van der Waals surface area contributed by atoms with Crippen LogP contribution in [0.3, 0.4) is 0 Å². The molecule has 0 bridgehead atoms. The Morgan fingerprint density at radius 3 is 2.64 bits per heavy atom. The number of pyridine rings is 1.